The third kappa shape index (κ3) is 4.79. The highest BCUT2D eigenvalue weighted by Gasteiger charge is 2.05. The van der Waals surface area contributed by atoms with Crippen LogP contribution in [0.4, 0.5) is 5.82 Å². The smallest absolute Gasteiger partial charge is 0.123 e. The average Bonchev–Trinajstić information content (AvgIpc) is 2.32. The quantitative estimate of drug-likeness (QED) is 0.727. The number of nitriles is 1. The number of anilines is 1. The van der Waals surface area contributed by atoms with Gasteiger partial charge in [-0.25, -0.2) is 4.98 Å². The van der Waals surface area contributed by atoms with Crippen molar-refractivity contribution in [1.82, 2.24) is 4.98 Å². The Kier molecular flexibility index (Phi) is 5.35. The van der Waals surface area contributed by atoms with Gasteiger partial charge in [0.25, 0.3) is 0 Å². The topological polar surface area (TPSA) is 62.7 Å². The zero-order chi connectivity index (χ0) is 11.8. The lowest BCUT2D eigenvalue weighted by atomic mass is 9.91. The van der Waals surface area contributed by atoms with Gasteiger partial charge in [-0.2, -0.15) is 5.26 Å². The highest BCUT2D eigenvalue weighted by Crippen LogP contribution is 2.22. The molecule has 1 aromatic rings. The van der Waals surface area contributed by atoms with Gasteiger partial charge in [0.1, 0.15) is 11.9 Å². The molecule has 1 aromatic heterocycles. The second-order valence-electron chi connectivity index (χ2n) is 4.33. The molecule has 2 N–H and O–H groups in total. The summed E-state index contributed by atoms with van der Waals surface area (Å²) in [5.41, 5.74) is 5.79. The molecular weight excluding hydrogens is 198 g/mol. The number of hydrogen-bond acceptors (Lipinski definition) is 3. The van der Waals surface area contributed by atoms with Crippen LogP contribution >= 0.6 is 0 Å². The van der Waals surface area contributed by atoms with Crippen LogP contribution in [-0.4, -0.2) is 4.98 Å². The molecule has 0 bridgehead atoms. The lowest BCUT2D eigenvalue weighted by Crippen LogP contribution is -1.99. The van der Waals surface area contributed by atoms with Crippen molar-refractivity contribution in [2.24, 2.45) is 5.92 Å². The minimum absolute atomic E-state index is 0. The summed E-state index contributed by atoms with van der Waals surface area (Å²) < 4.78 is 0. The fraction of sp³-hybridized carbons (Fsp3) is 0.538. The maximum Gasteiger partial charge on any atom is 0.123 e. The first-order valence-electron chi connectivity index (χ1n) is 5.84. The molecule has 3 nitrogen and oxygen atoms in total. The first kappa shape index (κ1) is 12.5. The molecule has 0 amide bonds. The molecule has 3 heteroatoms. The molecular formula is C13H21N3. The molecule has 0 aliphatic heterocycles. The van der Waals surface area contributed by atoms with Crippen LogP contribution in [0.25, 0.3) is 0 Å². The van der Waals surface area contributed by atoms with Crippen molar-refractivity contribution >= 4 is 5.82 Å². The fourth-order valence-electron chi connectivity index (χ4n) is 1.78. The van der Waals surface area contributed by atoms with Crippen LogP contribution in [0.2, 0.25) is 0 Å². The third-order valence-corrected chi connectivity index (χ3v) is 2.81. The molecule has 16 heavy (non-hydrogen) atoms. The number of nitrogens with zero attached hydrogens (tertiary/aromatic N) is 2. The van der Waals surface area contributed by atoms with Crippen molar-refractivity contribution in [2.75, 3.05) is 5.73 Å². The zero-order valence-electron chi connectivity index (χ0n) is 9.82. The Bertz CT molecular complexity index is 337. The fourth-order valence-corrected chi connectivity index (χ4v) is 1.78. The van der Waals surface area contributed by atoms with E-state index in [0.29, 0.717) is 11.4 Å². The SMILES string of the molecule is CC1CCCCC1.N#Cc1ccc(N)nc1.[HH]. The van der Waals surface area contributed by atoms with E-state index >= 15 is 0 Å². The molecule has 1 aliphatic rings. The molecule has 0 saturated heterocycles. The van der Waals surface area contributed by atoms with Crippen molar-refractivity contribution < 1.29 is 1.43 Å². The summed E-state index contributed by atoms with van der Waals surface area (Å²) in [7, 11) is 0. The molecule has 0 spiro atoms. The Morgan fingerprint density at radius 2 is 2.06 bits per heavy atom. The molecule has 0 atom stereocenters. The van der Waals surface area contributed by atoms with Crippen molar-refractivity contribution in [3.8, 4) is 6.07 Å². The highest BCUT2D eigenvalue weighted by molar-refractivity contribution is 5.34. The molecule has 1 aliphatic carbocycles. The van der Waals surface area contributed by atoms with E-state index in [1.165, 1.54) is 38.3 Å². The monoisotopic (exact) mass is 219 g/mol. The van der Waals surface area contributed by atoms with E-state index in [0.717, 1.165) is 5.92 Å². The van der Waals surface area contributed by atoms with E-state index in [2.05, 4.69) is 11.9 Å². The van der Waals surface area contributed by atoms with E-state index in [1.54, 1.807) is 12.1 Å². The van der Waals surface area contributed by atoms with E-state index in [1.807, 2.05) is 6.07 Å². The largest absolute Gasteiger partial charge is 0.384 e. The number of aromatic nitrogens is 1. The van der Waals surface area contributed by atoms with E-state index in [4.69, 9.17) is 11.0 Å². The standard InChI is InChI=1S/C7H14.C6H5N3.H2/c1-7-5-3-2-4-6-7;7-3-5-1-2-6(8)9-4-5;/h7H,2-6H2,1H3;1-2,4H,(H2,8,9);1H. The first-order valence-corrected chi connectivity index (χ1v) is 5.84. The summed E-state index contributed by atoms with van der Waals surface area (Å²) in [5, 5.41) is 8.30. The lowest BCUT2D eigenvalue weighted by Gasteiger charge is -2.15. The summed E-state index contributed by atoms with van der Waals surface area (Å²) in [5.74, 6) is 1.47. The number of hydrogen-bond donors (Lipinski definition) is 1. The molecule has 1 saturated carbocycles. The minimum Gasteiger partial charge on any atom is -0.384 e. The van der Waals surface area contributed by atoms with Gasteiger partial charge in [0.2, 0.25) is 0 Å². The van der Waals surface area contributed by atoms with Gasteiger partial charge in [0, 0.05) is 7.62 Å². The van der Waals surface area contributed by atoms with Gasteiger partial charge in [-0.05, 0) is 18.1 Å². The van der Waals surface area contributed by atoms with Crippen LogP contribution < -0.4 is 5.73 Å². The van der Waals surface area contributed by atoms with Crippen LogP contribution in [0.3, 0.4) is 0 Å². The normalized spacial score (nSPS) is 15.8. The predicted octanol–water partition coefficient (Wildman–Crippen LogP) is 3.37. The van der Waals surface area contributed by atoms with Gasteiger partial charge in [-0.1, -0.05) is 39.0 Å². The molecule has 0 radical (unpaired) electrons. The lowest BCUT2D eigenvalue weighted by molar-refractivity contribution is 0.385. The second kappa shape index (κ2) is 6.84. The maximum atomic E-state index is 8.30. The number of rotatable bonds is 0. The van der Waals surface area contributed by atoms with Crippen LogP contribution in [-0.2, 0) is 0 Å². The molecule has 1 fully saturated rings. The average molecular weight is 219 g/mol. The van der Waals surface area contributed by atoms with Gasteiger partial charge in [0.15, 0.2) is 0 Å². The maximum absolute atomic E-state index is 8.30. The molecule has 0 unspecified atom stereocenters. The summed E-state index contributed by atoms with van der Waals surface area (Å²) in [6.45, 7) is 2.36. The van der Waals surface area contributed by atoms with Crippen LogP contribution in [0.1, 0.15) is 46.0 Å². The van der Waals surface area contributed by atoms with Crippen molar-refractivity contribution in [2.45, 2.75) is 39.0 Å². The predicted molar refractivity (Wildman–Crippen MR) is 67.7 cm³/mol. The molecule has 88 valence electrons. The van der Waals surface area contributed by atoms with Crippen molar-refractivity contribution in [1.29, 1.82) is 5.26 Å². The Morgan fingerprint density at radius 1 is 1.38 bits per heavy atom. The number of pyridine rings is 1. The van der Waals surface area contributed by atoms with Crippen LogP contribution in [0.15, 0.2) is 18.3 Å². The van der Waals surface area contributed by atoms with E-state index in [-0.39, 0.29) is 1.43 Å². The van der Waals surface area contributed by atoms with Gasteiger partial charge in [0.05, 0.1) is 5.56 Å². The van der Waals surface area contributed by atoms with Crippen LogP contribution in [0, 0.1) is 17.2 Å². The Balaban J connectivity index is 0.000000292. The van der Waals surface area contributed by atoms with Gasteiger partial charge in [-0.15, -0.1) is 0 Å². The summed E-state index contributed by atoms with van der Waals surface area (Å²) in [6.07, 6.45) is 8.88. The Labute approximate surface area is 98.8 Å². The zero-order valence-corrected chi connectivity index (χ0v) is 9.82. The van der Waals surface area contributed by atoms with E-state index < -0.39 is 0 Å². The number of nitrogens with two attached hydrogens (primary N) is 1. The van der Waals surface area contributed by atoms with Gasteiger partial charge < -0.3 is 5.73 Å². The van der Waals surface area contributed by atoms with Gasteiger partial charge >= 0.3 is 0 Å². The highest BCUT2D eigenvalue weighted by atomic mass is 14.8. The Morgan fingerprint density at radius 3 is 2.44 bits per heavy atom. The van der Waals surface area contributed by atoms with Crippen molar-refractivity contribution in [3.05, 3.63) is 23.9 Å². The summed E-state index contributed by atoms with van der Waals surface area (Å²) >= 11 is 0. The van der Waals surface area contributed by atoms with E-state index in [9.17, 15) is 0 Å². The Hall–Kier alpha value is -1.56. The third-order valence-electron chi connectivity index (χ3n) is 2.81. The van der Waals surface area contributed by atoms with Crippen molar-refractivity contribution in [3.63, 3.8) is 0 Å². The molecule has 1 heterocycles. The van der Waals surface area contributed by atoms with Crippen LogP contribution in [0.5, 0.6) is 0 Å². The summed E-state index contributed by atoms with van der Waals surface area (Å²) in [6, 6.07) is 5.16. The molecule has 2 rings (SSSR count). The second-order valence-corrected chi connectivity index (χ2v) is 4.33. The summed E-state index contributed by atoms with van der Waals surface area (Å²) in [4.78, 5) is 3.71. The molecule has 0 aromatic carbocycles. The minimum atomic E-state index is 0. The number of nitrogen functional groups attached to an aromatic ring is 1. The first-order chi connectivity index (χ1) is 7.72. The van der Waals surface area contributed by atoms with Gasteiger partial charge in [-0.3, -0.25) is 0 Å².